The average molecular weight is 238 g/mol. The van der Waals surface area contributed by atoms with Crippen molar-refractivity contribution >= 4 is 5.91 Å². The van der Waals surface area contributed by atoms with Gasteiger partial charge in [-0.05, 0) is 12.0 Å². The van der Waals surface area contributed by atoms with E-state index in [1.807, 2.05) is 0 Å². The lowest BCUT2D eigenvalue weighted by Gasteiger charge is -2.16. The largest absolute Gasteiger partial charge is 0.352 e. The Morgan fingerprint density at radius 2 is 2.00 bits per heavy atom. The van der Waals surface area contributed by atoms with E-state index in [1.54, 1.807) is 0 Å². The van der Waals surface area contributed by atoms with Crippen molar-refractivity contribution in [1.29, 1.82) is 0 Å². The summed E-state index contributed by atoms with van der Waals surface area (Å²) in [5.41, 5.74) is 0.495. The second-order valence-corrected chi connectivity index (χ2v) is 4.58. The Bertz CT molecular complexity index is 490. The molecule has 2 aliphatic rings. The maximum Gasteiger partial charge on any atom is 0.251 e. The molecule has 3 nitrogen and oxygen atoms in total. The van der Waals surface area contributed by atoms with Gasteiger partial charge in [-0.3, -0.25) is 4.79 Å². The molecule has 1 fully saturated rings. The van der Waals surface area contributed by atoms with Gasteiger partial charge >= 0.3 is 0 Å². The van der Waals surface area contributed by atoms with E-state index in [4.69, 9.17) is 0 Å². The topological polar surface area (TPSA) is 41.1 Å². The van der Waals surface area contributed by atoms with Gasteiger partial charge in [0.15, 0.2) is 0 Å². The molecule has 1 saturated heterocycles. The SMILES string of the molecule is O=C1NC[C@H]2CNC[C@@H]2c2c(F)cc(F)cc21. The first-order valence-corrected chi connectivity index (χ1v) is 5.64. The third-order valence-corrected chi connectivity index (χ3v) is 3.57. The smallest absolute Gasteiger partial charge is 0.251 e. The van der Waals surface area contributed by atoms with E-state index < -0.39 is 11.6 Å². The molecule has 90 valence electrons. The summed E-state index contributed by atoms with van der Waals surface area (Å²) in [4.78, 5) is 11.8. The molecule has 0 aliphatic carbocycles. The van der Waals surface area contributed by atoms with Gasteiger partial charge in [0, 0.05) is 42.7 Å². The molecule has 17 heavy (non-hydrogen) atoms. The predicted molar refractivity (Wildman–Crippen MR) is 57.8 cm³/mol. The maximum absolute atomic E-state index is 13.9. The lowest BCUT2D eigenvalue weighted by molar-refractivity contribution is 0.0951. The zero-order valence-corrected chi connectivity index (χ0v) is 9.09. The van der Waals surface area contributed by atoms with Gasteiger partial charge in [0.2, 0.25) is 0 Å². The second kappa shape index (κ2) is 3.77. The van der Waals surface area contributed by atoms with Crippen LogP contribution in [0.1, 0.15) is 21.8 Å². The minimum absolute atomic E-state index is 0.0513. The van der Waals surface area contributed by atoms with Gasteiger partial charge in [-0.25, -0.2) is 8.78 Å². The Kier molecular flexibility index (Phi) is 2.36. The molecule has 5 heteroatoms. The van der Waals surface area contributed by atoms with E-state index in [1.165, 1.54) is 0 Å². The van der Waals surface area contributed by atoms with Crippen LogP contribution in [0.3, 0.4) is 0 Å². The van der Waals surface area contributed by atoms with Crippen molar-refractivity contribution in [3.8, 4) is 0 Å². The van der Waals surface area contributed by atoms with Crippen LogP contribution in [0.25, 0.3) is 0 Å². The van der Waals surface area contributed by atoms with Crippen LogP contribution in [0.2, 0.25) is 0 Å². The van der Waals surface area contributed by atoms with Crippen LogP contribution < -0.4 is 10.6 Å². The molecule has 3 rings (SSSR count). The zero-order valence-electron chi connectivity index (χ0n) is 9.09. The summed E-state index contributed by atoms with van der Waals surface area (Å²) in [6, 6.07) is 1.97. The third kappa shape index (κ3) is 1.61. The van der Waals surface area contributed by atoms with E-state index in [9.17, 15) is 13.6 Å². The highest BCUT2D eigenvalue weighted by atomic mass is 19.1. The molecule has 2 N–H and O–H groups in total. The van der Waals surface area contributed by atoms with Crippen LogP contribution >= 0.6 is 0 Å². The van der Waals surface area contributed by atoms with Gasteiger partial charge in [-0.2, -0.15) is 0 Å². The Hall–Kier alpha value is -1.49. The van der Waals surface area contributed by atoms with E-state index in [2.05, 4.69) is 10.6 Å². The molecule has 0 radical (unpaired) electrons. The first kappa shape index (κ1) is 10.7. The fourth-order valence-electron chi connectivity index (χ4n) is 2.75. The van der Waals surface area contributed by atoms with E-state index in [0.717, 1.165) is 18.7 Å². The molecule has 1 aromatic carbocycles. The van der Waals surface area contributed by atoms with Gasteiger partial charge in [0.05, 0.1) is 0 Å². The summed E-state index contributed by atoms with van der Waals surface area (Å²) >= 11 is 0. The molecule has 2 atom stereocenters. The van der Waals surface area contributed by atoms with Gasteiger partial charge in [-0.15, -0.1) is 0 Å². The Morgan fingerprint density at radius 1 is 1.18 bits per heavy atom. The van der Waals surface area contributed by atoms with Gasteiger partial charge in [-0.1, -0.05) is 0 Å². The highest BCUT2D eigenvalue weighted by molar-refractivity contribution is 5.96. The number of carbonyl (C=O) groups excluding carboxylic acids is 1. The van der Waals surface area contributed by atoms with Crippen LogP contribution in [0, 0.1) is 17.6 Å². The average Bonchev–Trinajstić information content (AvgIpc) is 2.68. The predicted octanol–water partition coefficient (Wildman–Crippen LogP) is 1.01. The number of nitrogens with one attached hydrogen (secondary N) is 2. The summed E-state index contributed by atoms with van der Waals surface area (Å²) in [5.74, 6) is -1.57. The van der Waals surface area contributed by atoms with E-state index >= 15 is 0 Å². The quantitative estimate of drug-likeness (QED) is 0.708. The minimum atomic E-state index is -0.708. The molecule has 2 heterocycles. The fourth-order valence-corrected chi connectivity index (χ4v) is 2.75. The first-order valence-electron chi connectivity index (χ1n) is 5.64. The monoisotopic (exact) mass is 238 g/mol. The molecule has 1 aromatic rings. The highest BCUT2D eigenvalue weighted by Gasteiger charge is 2.36. The number of halogens is 2. The van der Waals surface area contributed by atoms with Gasteiger partial charge in [0.1, 0.15) is 11.6 Å². The first-order chi connectivity index (χ1) is 8.16. The van der Waals surface area contributed by atoms with Crippen LogP contribution in [0.5, 0.6) is 0 Å². The second-order valence-electron chi connectivity index (χ2n) is 4.58. The molecule has 0 aromatic heterocycles. The number of carbonyl (C=O) groups is 1. The molecule has 0 bridgehead atoms. The number of benzene rings is 1. The number of rotatable bonds is 0. The van der Waals surface area contributed by atoms with Crippen LogP contribution in [-0.2, 0) is 0 Å². The van der Waals surface area contributed by atoms with Gasteiger partial charge < -0.3 is 10.6 Å². The lowest BCUT2D eigenvalue weighted by Crippen LogP contribution is -2.28. The fraction of sp³-hybridized carbons (Fsp3) is 0.417. The van der Waals surface area contributed by atoms with Crippen LogP contribution in [-0.4, -0.2) is 25.5 Å². The molecular weight excluding hydrogens is 226 g/mol. The Balaban J connectivity index is 2.20. The number of hydrogen-bond donors (Lipinski definition) is 2. The zero-order chi connectivity index (χ0) is 12.0. The summed E-state index contributed by atoms with van der Waals surface area (Å²) < 4.78 is 27.0. The van der Waals surface area contributed by atoms with Crippen molar-refractivity contribution < 1.29 is 13.6 Å². The highest BCUT2D eigenvalue weighted by Crippen LogP contribution is 2.34. The summed E-state index contributed by atoms with van der Waals surface area (Å²) in [5, 5.41) is 5.89. The summed E-state index contributed by atoms with van der Waals surface area (Å²) in [7, 11) is 0. The van der Waals surface area contributed by atoms with Crippen molar-refractivity contribution in [3.05, 3.63) is 34.9 Å². The Morgan fingerprint density at radius 3 is 2.82 bits per heavy atom. The van der Waals surface area contributed by atoms with Crippen LogP contribution in [0.15, 0.2) is 12.1 Å². The molecule has 2 aliphatic heterocycles. The van der Waals surface area contributed by atoms with E-state index in [0.29, 0.717) is 18.7 Å². The normalized spacial score (nSPS) is 27.1. The van der Waals surface area contributed by atoms with Crippen molar-refractivity contribution in [3.63, 3.8) is 0 Å². The molecule has 0 saturated carbocycles. The number of fused-ring (bicyclic) bond motifs is 3. The lowest BCUT2D eigenvalue weighted by atomic mass is 9.87. The Labute approximate surface area is 97.2 Å². The molecule has 0 unspecified atom stereocenters. The van der Waals surface area contributed by atoms with E-state index in [-0.39, 0.29) is 23.3 Å². The van der Waals surface area contributed by atoms with Crippen molar-refractivity contribution in [2.45, 2.75) is 5.92 Å². The van der Waals surface area contributed by atoms with Crippen molar-refractivity contribution in [1.82, 2.24) is 10.6 Å². The van der Waals surface area contributed by atoms with Crippen LogP contribution in [0.4, 0.5) is 8.78 Å². The number of amides is 1. The minimum Gasteiger partial charge on any atom is -0.352 e. The number of hydrogen-bond acceptors (Lipinski definition) is 2. The van der Waals surface area contributed by atoms with Gasteiger partial charge in [0.25, 0.3) is 5.91 Å². The molecular formula is C12H12F2N2O. The summed E-state index contributed by atoms with van der Waals surface area (Å²) in [6.07, 6.45) is 0. The standard InChI is InChI=1S/C12H12F2N2O/c13-7-1-8-11(10(14)2-7)9-5-15-3-6(9)4-16-12(8)17/h1-2,6,9,15H,3-5H2,(H,16,17)/t6-,9+/m1/s1. The maximum atomic E-state index is 13.9. The third-order valence-electron chi connectivity index (χ3n) is 3.57. The summed E-state index contributed by atoms with van der Waals surface area (Å²) in [6.45, 7) is 1.89. The van der Waals surface area contributed by atoms with Crippen molar-refractivity contribution in [2.75, 3.05) is 19.6 Å². The molecule has 1 amide bonds. The van der Waals surface area contributed by atoms with Crippen molar-refractivity contribution in [2.24, 2.45) is 5.92 Å². The molecule has 0 spiro atoms.